The minimum Gasteiger partial charge on any atom is -0.463 e. The van der Waals surface area contributed by atoms with Gasteiger partial charge in [-0.05, 0) is 19.1 Å². The van der Waals surface area contributed by atoms with Gasteiger partial charge in [0.2, 0.25) is 0 Å². The van der Waals surface area contributed by atoms with Crippen LogP contribution < -0.4 is 0 Å². The van der Waals surface area contributed by atoms with Gasteiger partial charge in [0, 0.05) is 6.07 Å². The van der Waals surface area contributed by atoms with Crippen molar-refractivity contribution in [2.75, 3.05) is 7.11 Å². The fraction of sp³-hybridized carbons (Fsp3) is 0.167. The molecule has 108 valence electrons. The SMILES string of the molecule is COC(=O)c1ncn(-c2ccc(C(C)=O)c([N+](=O)[O-])c2)n1. The molecule has 0 radical (unpaired) electrons. The van der Waals surface area contributed by atoms with E-state index in [1.165, 1.54) is 43.2 Å². The minimum atomic E-state index is -0.719. The van der Waals surface area contributed by atoms with Crippen molar-refractivity contribution in [3.63, 3.8) is 0 Å². The lowest BCUT2D eigenvalue weighted by Gasteiger charge is -2.03. The molecule has 0 amide bonds. The van der Waals surface area contributed by atoms with E-state index in [0.717, 1.165) is 0 Å². The van der Waals surface area contributed by atoms with E-state index in [9.17, 15) is 19.7 Å². The standard InChI is InChI=1S/C12H10N4O5/c1-7(17)9-4-3-8(5-10(9)16(19)20)15-6-13-11(14-15)12(18)21-2/h3-6H,1-2H3. The number of aromatic nitrogens is 3. The van der Waals surface area contributed by atoms with Crippen LogP contribution in [0, 0.1) is 10.1 Å². The molecule has 0 fully saturated rings. The van der Waals surface area contributed by atoms with Gasteiger partial charge < -0.3 is 4.74 Å². The lowest BCUT2D eigenvalue weighted by molar-refractivity contribution is -0.385. The zero-order chi connectivity index (χ0) is 15.6. The number of hydrogen-bond donors (Lipinski definition) is 0. The van der Waals surface area contributed by atoms with Gasteiger partial charge in [-0.2, -0.15) is 0 Å². The number of carbonyl (C=O) groups excluding carboxylic acids is 2. The Hall–Kier alpha value is -3.10. The van der Waals surface area contributed by atoms with E-state index in [2.05, 4.69) is 14.8 Å². The van der Waals surface area contributed by atoms with Gasteiger partial charge in [-0.25, -0.2) is 14.5 Å². The summed E-state index contributed by atoms with van der Waals surface area (Å²) in [5, 5.41) is 14.9. The third-order valence-corrected chi connectivity index (χ3v) is 2.68. The largest absolute Gasteiger partial charge is 0.463 e. The average Bonchev–Trinajstić information content (AvgIpc) is 2.95. The molecule has 1 aromatic carbocycles. The van der Waals surface area contributed by atoms with Crippen molar-refractivity contribution in [1.29, 1.82) is 0 Å². The Morgan fingerprint density at radius 1 is 1.38 bits per heavy atom. The Morgan fingerprint density at radius 2 is 2.10 bits per heavy atom. The van der Waals surface area contributed by atoms with E-state index in [4.69, 9.17) is 0 Å². The summed E-state index contributed by atoms with van der Waals surface area (Å²) in [6.45, 7) is 1.24. The van der Waals surface area contributed by atoms with Crippen LogP contribution in [-0.4, -0.2) is 38.6 Å². The first-order valence-corrected chi connectivity index (χ1v) is 5.73. The Balaban J connectivity index is 2.48. The van der Waals surface area contributed by atoms with E-state index < -0.39 is 16.7 Å². The summed E-state index contributed by atoms with van der Waals surface area (Å²) in [5.41, 5.74) is -0.0403. The first-order chi connectivity index (χ1) is 9.93. The number of nitrogens with zero attached hydrogens (tertiary/aromatic N) is 4. The van der Waals surface area contributed by atoms with Gasteiger partial charge >= 0.3 is 5.97 Å². The molecule has 0 atom stereocenters. The van der Waals surface area contributed by atoms with Gasteiger partial charge in [0.25, 0.3) is 11.5 Å². The molecule has 0 aliphatic carbocycles. The van der Waals surface area contributed by atoms with Crippen LogP contribution in [0.5, 0.6) is 0 Å². The van der Waals surface area contributed by atoms with Crippen LogP contribution in [-0.2, 0) is 4.74 Å². The highest BCUT2D eigenvalue weighted by Crippen LogP contribution is 2.22. The molecule has 2 rings (SSSR count). The number of ether oxygens (including phenoxy) is 1. The van der Waals surface area contributed by atoms with Crippen molar-refractivity contribution >= 4 is 17.4 Å². The van der Waals surface area contributed by atoms with Crippen LogP contribution in [0.25, 0.3) is 5.69 Å². The second-order valence-electron chi connectivity index (χ2n) is 4.02. The zero-order valence-corrected chi connectivity index (χ0v) is 11.1. The van der Waals surface area contributed by atoms with E-state index in [0.29, 0.717) is 5.69 Å². The van der Waals surface area contributed by atoms with Crippen molar-refractivity contribution in [2.45, 2.75) is 6.92 Å². The van der Waals surface area contributed by atoms with Gasteiger partial charge in [-0.15, -0.1) is 5.10 Å². The molecule has 0 saturated heterocycles. The van der Waals surface area contributed by atoms with Crippen molar-refractivity contribution in [3.8, 4) is 5.69 Å². The highest BCUT2D eigenvalue weighted by atomic mass is 16.6. The van der Waals surface area contributed by atoms with E-state index in [1.807, 2.05) is 0 Å². The molecule has 0 bridgehead atoms. The van der Waals surface area contributed by atoms with Gasteiger partial charge in [-0.3, -0.25) is 14.9 Å². The van der Waals surface area contributed by atoms with Crippen LogP contribution in [0.15, 0.2) is 24.5 Å². The maximum absolute atomic E-state index is 11.4. The van der Waals surface area contributed by atoms with Crippen LogP contribution in [0.1, 0.15) is 27.9 Å². The zero-order valence-electron chi connectivity index (χ0n) is 11.1. The molecule has 1 aromatic heterocycles. The fourth-order valence-electron chi connectivity index (χ4n) is 1.68. The first kappa shape index (κ1) is 14.3. The number of ketones is 1. The summed E-state index contributed by atoms with van der Waals surface area (Å²) in [4.78, 5) is 36.7. The summed E-state index contributed by atoms with van der Waals surface area (Å²) >= 11 is 0. The highest BCUT2D eigenvalue weighted by molar-refractivity contribution is 5.98. The molecule has 9 nitrogen and oxygen atoms in total. The first-order valence-electron chi connectivity index (χ1n) is 5.73. The average molecular weight is 290 g/mol. The number of methoxy groups -OCH3 is 1. The summed E-state index contributed by atoms with van der Waals surface area (Å²) in [5.74, 6) is -1.30. The summed E-state index contributed by atoms with van der Waals surface area (Å²) in [7, 11) is 1.19. The molecule has 0 saturated carbocycles. The number of benzene rings is 1. The van der Waals surface area contributed by atoms with Gasteiger partial charge in [0.1, 0.15) is 6.33 Å². The molecule has 0 aliphatic heterocycles. The summed E-state index contributed by atoms with van der Waals surface area (Å²) < 4.78 is 5.65. The normalized spacial score (nSPS) is 10.2. The maximum atomic E-state index is 11.4. The van der Waals surface area contributed by atoms with Crippen LogP contribution >= 0.6 is 0 Å². The quantitative estimate of drug-likeness (QED) is 0.359. The van der Waals surface area contributed by atoms with Crippen molar-refractivity contribution in [2.24, 2.45) is 0 Å². The Bertz CT molecular complexity index is 737. The van der Waals surface area contributed by atoms with Crippen LogP contribution in [0.3, 0.4) is 0 Å². The van der Waals surface area contributed by atoms with Gasteiger partial charge in [-0.1, -0.05) is 0 Å². The van der Waals surface area contributed by atoms with E-state index >= 15 is 0 Å². The number of hydrogen-bond acceptors (Lipinski definition) is 7. The number of rotatable bonds is 4. The number of esters is 1. The van der Waals surface area contributed by atoms with Crippen molar-refractivity contribution in [3.05, 3.63) is 46.0 Å². The Labute approximate surface area is 118 Å². The third-order valence-electron chi connectivity index (χ3n) is 2.68. The molecule has 0 N–H and O–H groups in total. The third kappa shape index (κ3) is 2.76. The monoisotopic (exact) mass is 290 g/mol. The molecule has 1 heterocycles. The van der Waals surface area contributed by atoms with Crippen LogP contribution in [0.4, 0.5) is 5.69 Å². The molecule has 2 aromatic rings. The lowest BCUT2D eigenvalue weighted by atomic mass is 10.1. The molecule has 0 unspecified atom stereocenters. The topological polar surface area (TPSA) is 117 Å². The molecular formula is C12H10N4O5. The minimum absolute atomic E-state index is 0.00273. The Kier molecular flexibility index (Phi) is 3.74. The molecule has 0 spiro atoms. The smallest absolute Gasteiger partial charge is 0.377 e. The van der Waals surface area contributed by atoms with Gasteiger partial charge in [0.05, 0.1) is 23.3 Å². The van der Waals surface area contributed by atoms with E-state index in [-0.39, 0.29) is 17.1 Å². The number of carbonyl (C=O) groups is 2. The van der Waals surface area contributed by atoms with Crippen LogP contribution in [0.2, 0.25) is 0 Å². The second kappa shape index (κ2) is 5.49. The predicted molar refractivity (Wildman–Crippen MR) is 69.4 cm³/mol. The second-order valence-corrected chi connectivity index (χ2v) is 4.02. The molecular weight excluding hydrogens is 280 g/mol. The van der Waals surface area contributed by atoms with Crippen molar-refractivity contribution < 1.29 is 19.2 Å². The van der Waals surface area contributed by atoms with Gasteiger partial charge in [0.15, 0.2) is 5.78 Å². The molecule has 0 aliphatic rings. The number of nitro groups is 1. The molecule has 21 heavy (non-hydrogen) atoms. The Morgan fingerprint density at radius 3 is 2.67 bits per heavy atom. The number of Topliss-reactive ketones (excluding diaryl/α,β-unsaturated/α-hetero) is 1. The van der Waals surface area contributed by atoms with Crippen molar-refractivity contribution in [1.82, 2.24) is 14.8 Å². The summed E-state index contributed by atoms with van der Waals surface area (Å²) in [6, 6.07) is 3.99. The van der Waals surface area contributed by atoms with E-state index in [1.54, 1.807) is 0 Å². The molecule has 9 heteroatoms. The fourth-order valence-corrected chi connectivity index (χ4v) is 1.68. The summed E-state index contributed by atoms with van der Waals surface area (Å²) in [6.07, 6.45) is 1.22. The lowest BCUT2D eigenvalue weighted by Crippen LogP contribution is -2.06. The number of nitro benzene ring substituents is 1. The highest BCUT2D eigenvalue weighted by Gasteiger charge is 2.19. The maximum Gasteiger partial charge on any atom is 0.377 e. The predicted octanol–water partition coefficient (Wildman–Crippen LogP) is 1.16.